The predicted molar refractivity (Wildman–Crippen MR) is 77.3 cm³/mol. The number of methoxy groups -OCH3 is 1. The van der Waals surface area contributed by atoms with Gasteiger partial charge in [-0.3, -0.25) is 4.79 Å². The number of aliphatic hydroxyl groups excluding tert-OH is 2. The van der Waals surface area contributed by atoms with Gasteiger partial charge in [-0.1, -0.05) is 11.6 Å². The SMILES string of the molecule is COc1ccc(Cl)cc1C(=O)N(C[C@@H](C)O)C[C@@H](C)O. The van der Waals surface area contributed by atoms with E-state index >= 15 is 0 Å². The highest BCUT2D eigenvalue weighted by Crippen LogP contribution is 2.24. The van der Waals surface area contributed by atoms with Crippen LogP contribution in [-0.2, 0) is 0 Å². The summed E-state index contributed by atoms with van der Waals surface area (Å²) in [6.45, 7) is 3.41. The molecule has 0 aromatic heterocycles. The van der Waals surface area contributed by atoms with Crippen LogP contribution >= 0.6 is 11.6 Å². The molecule has 0 fully saturated rings. The lowest BCUT2D eigenvalue weighted by Crippen LogP contribution is -2.40. The summed E-state index contributed by atoms with van der Waals surface area (Å²) in [6, 6.07) is 4.75. The van der Waals surface area contributed by atoms with Crippen molar-refractivity contribution in [3.8, 4) is 5.75 Å². The van der Waals surface area contributed by atoms with Crippen LogP contribution < -0.4 is 4.74 Å². The first-order chi connectivity index (χ1) is 9.35. The lowest BCUT2D eigenvalue weighted by atomic mass is 10.1. The number of aliphatic hydroxyl groups is 2. The average molecular weight is 302 g/mol. The molecule has 1 amide bonds. The molecule has 0 aliphatic heterocycles. The average Bonchev–Trinajstić information content (AvgIpc) is 2.36. The molecule has 1 rings (SSSR count). The molecule has 0 radical (unpaired) electrons. The molecule has 0 saturated heterocycles. The van der Waals surface area contributed by atoms with E-state index in [-0.39, 0.29) is 19.0 Å². The number of hydrogen-bond acceptors (Lipinski definition) is 4. The highest BCUT2D eigenvalue weighted by atomic mass is 35.5. The summed E-state index contributed by atoms with van der Waals surface area (Å²) < 4.78 is 5.15. The van der Waals surface area contributed by atoms with E-state index in [0.29, 0.717) is 16.3 Å². The second kappa shape index (κ2) is 7.47. The van der Waals surface area contributed by atoms with Crippen molar-refractivity contribution in [3.05, 3.63) is 28.8 Å². The van der Waals surface area contributed by atoms with Gasteiger partial charge >= 0.3 is 0 Å². The Balaban J connectivity index is 3.07. The zero-order chi connectivity index (χ0) is 15.3. The fourth-order valence-electron chi connectivity index (χ4n) is 1.90. The van der Waals surface area contributed by atoms with Crippen molar-refractivity contribution in [2.45, 2.75) is 26.1 Å². The second-order valence-corrected chi connectivity index (χ2v) is 5.19. The number of rotatable bonds is 6. The molecule has 1 aromatic carbocycles. The van der Waals surface area contributed by atoms with Gasteiger partial charge in [0.15, 0.2) is 0 Å². The summed E-state index contributed by atoms with van der Waals surface area (Å²) in [5.74, 6) is 0.0618. The van der Waals surface area contributed by atoms with Gasteiger partial charge in [0.1, 0.15) is 5.75 Å². The molecule has 2 N–H and O–H groups in total. The number of halogens is 1. The molecule has 1 aromatic rings. The maximum absolute atomic E-state index is 12.5. The quantitative estimate of drug-likeness (QED) is 0.836. The number of carbonyl (C=O) groups is 1. The topological polar surface area (TPSA) is 70.0 Å². The predicted octanol–water partition coefficient (Wildman–Crippen LogP) is 1.55. The molecule has 0 spiro atoms. The fraction of sp³-hybridized carbons (Fsp3) is 0.500. The normalized spacial score (nSPS) is 13.7. The van der Waals surface area contributed by atoms with Crippen molar-refractivity contribution in [1.82, 2.24) is 4.90 Å². The van der Waals surface area contributed by atoms with E-state index in [1.54, 1.807) is 26.0 Å². The largest absolute Gasteiger partial charge is 0.496 e. The van der Waals surface area contributed by atoms with Crippen LogP contribution in [0.5, 0.6) is 5.75 Å². The van der Waals surface area contributed by atoms with E-state index in [2.05, 4.69) is 0 Å². The first kappa shape index (κ1) is 16.8. The molecule has 5 nitrogen and oxygen atoms in total. The van der Waals surface area contributed by atoms with Crippen LogP contribution in [0.4, 0.5) is 0 Å². The van der Waals surface area contributed by atoms with Crippen LogP contribution in [0.1, 0.15) is 24.2 Å². The zero-order valence-corrected chi connectivity index (χ0v) is 12.6. The van der Waals surface area contributed by atoms with E-state index in [1.165, 1.54) is 18.1 Å². The molecule has 0 bridgehead atoms. The van der Waals surface area contributed by atoms with Gasteiger partial charge in [-0.05, 0) is 32.0 Å². The molecular weight excluding hydrogens is 282 g/mol. The number of benzene rings is 1. The Morgan fingerprint density at radius 2 is 1.85 bits per heavy atom. The molecule has 6 heteroatoms. The van der Waals surface area contributed by atoms with Gasteiger partial charge in [-0.25, -0.2) is 0 Å². The highest BCUT2D eigenvalue weighted by Gasteiger charge is 2.22. The summed E-state index contributed by atoms with van der Waals surface area (Å²) in [6.07, 6.45) is -1.38. The van der Waals surface area contributed by atoms with Crippen molar-refractivity contribution < 1.29 is 19.7 Å². The number of hydrogen-bond donors (Lipinski definition) is 2. The van der Waals surface area contributed by atoms with Gasteiger partial charge in [0, 0.05) is 18.1 Å². The third kappa shape index (κ3) is 4.67. The monoisotopic (exact) mass is 301 g/mol. The molecule has 0 saturated carbocycles. The van der Waals surface area contributed by atoms with Crippen molar-refractivity contribution >= 4 is 17.5 Å². The minimum Gasteiger partial charge on any atom is -0.496 e. The van der Waals surface area contributed by atoms with Crippen molar-refractivity contribution in [3.63, 3.8) is 0 Å². The number of nitrogens with zero attached hydrogens (tertiary/aromatic N) is 1. The molecule has 0 aliphatic carbocycles. The summed E-state index contributed by atoms with van der Waals surface area (Å²) in [4.78, 5) is 13.9. The molecular formula is C14H20ClNO4. The van der Waals surface area contributed by atoms with Crippen LogP contribution in [0, 0.1) is 0 Å². The maximum atomic E-state index is 12.5. The third-order valence-corrected chi connectivity index (χ3v) is 2.88. The Bertz CT molecular complexity index is 452. The molecule has 20 heavy (non-hydrogen) atoms. The maximum Gasteiger partial charge on any atom is 0.257 e. The van der Waals surface area contributed by atoms with E-state index in [9.17, 15) is 15.0 Å². The second-order valence-electron chi connectivity index (χ2n) is 4.75. The molecule has 112 valence electrons. The Morgan fingerprint density at radius 1 is 1.30 bits per heavy atom. The fourth-order valence-corrected chi connectivity index (χ4v) is 2.07. The summed E-state index contributed by atoms with van der Waals surface area (Å²) in [7, 11) is 1.47. The molecule has 2 atom stereocenters. The van der Waals surface area contributed by atoms with Gasteiger partial charge in [-0.2, -0.15) is 0 Å². The smallest absolute Gasteiger partial charge is 0.257 e. The van der Waals surface area contributed by atoms with Gasteiger partial charge in [0.25, 0.3) is 5.91 Å². The first-order valence-electron chi connectivity index (χ1n) is 6.34. The standard InChI is InChI=1S/C14H20ClNO4/c1-9(17)7-16(8-10(2)18)14(19)12-6-11(15)4-5-13(12)20-3/h4-6,9-10,17-18H,7-8H2,1-3H3/t9-,10-/m1/s1. The van der Waals surface area contributed by atoms with Crippen molar-refractivity contribution in [2.75, 3.05) is 20.2 Å². The summed E-state index contributed by atoms with van der Waals surface area (Å²) in [5, 5.41) is 19.4. The van der Waals surface area contributed by atoms with Crippen LogP contribution in [0.15, 0.2) is 18.2 Å². The first-order valence-corrected chi connectivity index (χ1v) is 6.72. The Kier molecular flexibility index (Phi) is 6.26. The molecule has 0 unspecified atom stereocenters. The van der Waals surface area contributed by atoms with E-state index in [4.69, 9.17) is 16.3 Å². The number of ether oxygens (including phenoxy) is 1. The highest BCUT2D eigenvalue weighted by molar-refractivity contribution is 6.31. The Morgan fingerprint density at radius 3 is 2.30 bits per heavy atom. The number of amides is 1. The van der Waals surface area contributed by atoms with Gasteiger partial charge in [0.2, 0.25) is 0 Å². The molecule has 0 aliphatic rings. The van der Waals surface area contributed by atoms with E-state index < -0.39 is 12.2 Å². The van der Waals surface area contributed by atoms with Crippen molar-refractivity contribution in [2.24, 2.45) is 0 Å². The van der Waals surface area contributed by atoms with Crippen LogP contribution in [0.25, 0.3) is 0 Å². The minimum absolute atomic E-state index is 0.124. The minimum atomic E-state index is -0.692. The van der Waals surface area contributed by atoms with Crippen LogP contribution in [0.3, 0.4) is 0 Å². The van der Waals surface area contributed by atoms with Gasteiger partial charge in [0.05, 0.1) is 24.9 Å². The lowest BCUT2D eigenvalue weighted by Gasteiger charge is -2.26. The lowest BCUT2D eigenvalue weighted by molar-refractivity contribution is 0.0515. The van der Waals surface area contributed by atoms with Crippen molar-refractivity contribution in [1.29, 1.82) is 0 Å². The number of carbonyl (C=O) groups excluding carboxylic acids is 1. The summed E-state index contributed by atoms with van der Waals surface area (Å²) >= 11 is 5.91. The van der Waals surface area contributed by atoms with Gasteiger partial charge < -0.3 is 19.8 Å². The van der Waals surface area contributed by atoms with E-state index in [1.807, 2.05) is 0 Å². The summed E-state index contributed by atoms with van der Waals surface area (Å²) in [5.41, 5.74) is 0.307. The van der Waals surface area contributed by atoms with Crippen LogP contribution in [0.2, 0.25) is 5.02 Å². The third-order valence-electron chi connectivity index (χ3n) is 2.65. The van der Waals surface area contributed by atoms with Gasteiger partial charge in [-0.15, -0.1) is 0 Å². The van der Waals surface area contributed by atoms with E-state index in [0.717, 1.165) is 0 Å². The zero-order valence-electron chi connectivity index (χ0n) is 11.8. The Hall–Kier alpha value is -1.30. The molecule has 0 heterocycles. The Labute approximate surface area is 123 Å². The van der Waals surface area contributed by atoms with Crippen LogP contribution in [-0.4, -0.2) is 53.4 Å².